The zero-order valence-corrected chi connectivity index (χ0v) is 18.2. The number of aromatic nitrogens is 3. The molecule has 2 amide bonds. The number of anilines is 2. The fraction of sp³-hybridized carbons (Fsp3) is 0.167. The molecule has 0 bridgehead atoms. The second kappa shape index (κ2) is 8.97. The second-order valence-electron chi connectivity index (χ2n) is 7.89. The van der Waals surface area contributed by atoms with Crippen molar-refractivity contribution in [2.24, 2.45) is 0 Å². The molecule has 0 unspecified atom stereocenters. The third-order valence-corrected chi connectivity index (χ3v) is 5.02. The van der Waals surface area contributed by atoms with Crippen molar-refractivity contribution in [2.75, 3.05) is 10.6 Å². The Balaban J connectivity index is 1.49. The SMILES string of the molecule is CC(C)n1ncc2cc(C(=O)Nc3cccc(C(=O)Nc4cccc(C(F)(F)F)c4)c3)cnc21. The molecule has 2 aromatic heterocycles. The zero-order chi connectivity index (χ0) is 24.5. The average molecular weight is 467 g/mol. The number of amides is 2. The minimum absolute atomic E-state index is 0.00980. The first-order chi connectivity index (χ1) is 16.1. The number of nitrogens with zero attached hydrogens (tertiary/aromatic N) is 3. The summed E-state index contributed by atoms with van der Waals surface area (Å²) in [5.41, 5.74) is 0.641. The Kier molecular flexibility index (Phi) is 6.06. The quantitative estimate of drug-likeness (QED) is 0.404. The van der Waals surface area contributed by atoms with E-state index in [1.165, 1.54) is 30.5 Å². The van der Waals surface area contributed by atoms with Gasteiger partial charge in [-0.1, -0.05) is 12.1 Å². The van der Waals surface area contributed by atoms with E-state index in [1.807, 2.05) is 13.8 Å². The minimum atomic E-state index is -4.52. The molecule has 0 saturated heterocycles. The van der Waals surface area contributed by atoms with Crippen molar-refractivity contribution >= 4 is 34.2 Å². The number of halogens is 3. The van der Waals surface area contributed by atoms with E-state index >= 15 is 0 Å². The van der Waals surface area contributed by atoms with Crippen LogP contribution < -0.4 is 10.6 Å². The van der Waals surface area contributed by atoms with Gasteiger partial charge in [0.15, 0.2) is 5.65 Å². The van der Waals surface area contributed by atoms with Gasteiger partial charge in [0.05, 0.1) is 17.3 Å². The van der Waals surface area contributed by atoms with Crippen LogP contribution in [0.25, 0.3) is 11.0 Å². The number of fused-ring (bicyclic) bond motifs is 1. The summed E-state index contributed by atoms with van der Waals surface area (Å²) >= 11 is 0. The van der Waals surface area contributed by atoms with Gasteiger partial charge < -0.3 is 10.6 Å². The monoisotopic (exact) mass is 467 g/mol. The lowest BCUT2D eigenvalue weighted by Gasteiger charge is -2.11. The zero-order valence-electron chi connectivity index (χ0n) is 18.2. The molecule has 2 N–H and O–H groups in total. The Labute approximate surface area is 192 Å². The van der Waals surface area contributed by atoms with Gasteiger partial charge >= 0.3 is 6.18 Å². The fourth-order valence-electron chi connectivity index (χ4n) is 3.36. The molecule has 7 nitrogen and oxygen atoms in total. The molecular weight excluding hydrogens is 447 g/mol. The van der Waals surface area contributed by atoms with E-state index in [2.05, 4.69) is 20.7 Å². The summed E-state index contributed by atoms with van der Waals surface area (Å²) < 4.78 is 40.5. The third-order valence-electron chi connectivity index (χ3n) is 5.02. The minimum Gasteiger partial charge on any atom is -0.322 e. The van der Waals surface area contributed by atoms with Crippen LogP contribution in [0.3, 0.4) is 0 Å². The van der Waals surface area contributed by atoms with Crippen molar-refractivity contribution in [2.45, 2.75) is 26.1 Å². The summed E-state index contributed by atoms with van der Waals surface area (Å²) in [6.07, 6.45) is -1.43. The Morgan fingerprint density at radius 2 is 1.53 bits per heavy atom. The van der Waals surface area contributed by atoms with Gasteiger partial charge in [0.25, 0.3) is 11.8 Å². The van der Waals surface area contributed by atoms with E-state index in [4.69, 9.17) is 0 Å². The first kappa shape index (κ1) is 23.0. The maximum Gasteiger partial charge on any atom is 0.416 e. The molecule has 174 valence electrons. The second-order valence-corrected chi connectivity index (χ2v) is 7.89. The van der Waals surface area contributed by atoms with E-state index in [0.29, 0.717) is 16.9 Å². The van der Waals surface area contributed by atoms with E-state index in [1.54, 1.807) is 29.1 Å². The number of pyridine rings is 1. The highest BCUT2D eigenvalue weighted by molar-refractivity contribution is 6.08. The van der Waals surface area contributed by atoms with Crippen LogP contribution in [0.4, 0.5) is 24.5 Å². The highest BCUT2D eigenvalue weighted by atomic mass is 19.4. The average Bonchev–Trinajstić information content (AvgIpc) is 3.22. The van der Waals surface area contributed by atoms with E-state index in [9.17, 15) is 22.8 Å². The summed E-state index contributed by atoms with van der Waals surface area (Å²) in [6, 6.07) is 12.2. The number of hydrogen-bond acceptors (Lipinski definition) is 4. The molecule has 0 aliphatic rings. The van der Waals surface area contributed by atoms with Crippen molar-refractivity contribution < 1.29 is 22.8 Å². The molecule has 0 fully saturated rings. The highest BCUT2D eigenvalue weighted by Crippen LogP contribution is 2.30. The number of alkyl halides is 3. The molecule has 10 heteroatoms. The van der Waals surface area contributed by atoms with Crippen molar-refractivity contribution in [3.8, 4) is 0 Å². The first-order valence-electron chi connectivity index (χ1n) is 10.3. The fourth-order valence-corrected chi connectivity index (χ4v) is 3.36. The van der Waals surface area contributed by atoms with Crippen LogP contribution in [0, 0.1) is 0 Å². The molecule has 0 aliphatic carbocycles. The number of carbonyl (C=O) groups is 2. The van der Waals surface area contributed by atoms with Gasteiger partial charge in [-0.15, -0.1) is 0 Å². The molecule has 2 heterocycles. The Morgan fingerprint density at radius 3 is 2.21 bits per heavy atom. The van der Waals surface area contributed by atoms with E-state index in [0.717, 1.165) is 17.5 Å². The first-order valence-corrected chi connectivity index (χ1v) is 10.3. The Bertz CT molecular complexity index is 1380. The van der Waals surface area contributed by atoms with Gasteiger partial charge in [-0.05, 0) is 56.3 Å². The van der Waals surface area contributed by atoms with Crippen molar-refractivity contribution in [1.29, 1.82) is 0 Å². The molecule has 34 heavy (non-hydrogen) atoms. The third kappa shape index (κ3) is 4.90. The number of nitrogens with one attached hydrogen (secondary N) is 2. The van der Waals surface area contributed by atoms with Gasteiger partial charge in [-0.2, -0.15) is 18.3 Å². The number of carbonyl (C=O) groups excluding carboxylic acids is 2. The van der Waals surface area contributed by atoms with Gasteiger partial charge in [0.2, 0.25) is 0 Å². The molecular formula is C24H20F3N5O2. The van der Waals surface area contributed by atoms with E-state index < -0.39 is 23.6 Å². The Hall–Kier alpha value is -4.21. The lowest BCUT2D eigenvalue weighted by Crippen LogP contribution is -2.15. The van der Waals surface area contributed by atoms with Crippen LogP contribution in [0.5, 0.6) is 0 Å². The molecule has 4 rings (SSSR count). The van der Waals surface area contributed by atoms with Crippen molar-refractivity contribution in [3.63, 3.8) is 0 Å². The topological polar surface area (TPSA) is 88.9 Å². The smallest absolute Gasteiger partial charge is 0.322 e. The number of hydrogen-bond donors (Lipinski definition) is 2. The predicted molar refractivity (Wildman–Crippen MR) is 122 cm³/mol. The largest absolute Gasteiger partial charge is 0.416 e. The summed E-state index contributed by atoms with van der Waals surface area (Å²) in [6.45, 7) is 3.95. The van der Waals surface area contributed by atoms with Crippen LogP contribution >= 0.6 is 0 Å². The molecule has 0 saturated carbocycles. The van der Waals surface area contributed by atoms with Crippen LogP contribution in [0.2, 0.25) is 0 Å². The summed E-state index contributed by atoms with van der Waals surface area (Å²) in [4.78, 5) is 29.6. The predicted octanol–water partition coefficient (Wildman–Crippen LogP) is 5.54. The lowest BCUT2D eigenvalue weighted by atomic mass is 10.1. The molecule has 0 radical (unpaired) electrons. The van der Waals surface area contributed by atoms with Gasteiger partial charge in [-0.25, -0.2) is 9.67 Å². The van der Waals surface area contributed by atoms with Gasteiger partial charge in [-0.3, -0.25) is 9.59 Å². The van der Waals surface area contributed by atoms with Crippen LogP contribution in [0.1, 0.15) is 46.2 Å². The summed E-state index contributed by atoms with van der Waals surface area (Å²) in [5.74, 6) is -1.04. The standard InChI is InChI=1S/C24H20F3N5O2/c1-14(2)32-21-16(13-29-32)9-17(12-28-21)23(34)30-19-7-3-5-15(10-19)22(33)31-20-8-4-6-18(11-20)24(25,26)27/h3-14H,1-2H3,(H,30,34)(H,31,33). The van der Waals surface area contributed by atoms with Gasteiger partial charge in [0.1, 0.15) is 0 Å². The molecule has 0 aliphatic heterocycles. The van der Waals surface area contributed by atoms with Crippen LogP contribution in [0.15, 0.2) is 67.0 Å². The lowest BCUT2D eigenvalue weighted by molar-refractivity contribution is -0.137. The van der Waals surface area contributed by atoms with Crippen molar-refractivity contribution in [1.82, 2.24) is 14.8 Å². The molecule has 0 atom stereocenters. The molecule has 2 aromatic carbocycles. The number of rotatable bonds is 5. The maximum atomic E-state index is 12.9. The van der Waals surface area contributed by atoms with Crippen LogP contribution in [-0.2, 0) is 6.18 Å². The van der Waals surface area contributed by atoms with Crippen molar-refractivity contribution in [3.05, 3.63) is 83.7 Å². The van der Waals surface area contributed by atoms with Gasteiger partial charge in [0, 0.05) is 34.6 Å². The summed E-state index contributed by atoms with van der Waals surface area (Å²) in [5, 5.41) is 10.1. The maximum absolute atomic E-state index is 12.9. The summed E-state index contributed by atoms with van der Waals surface area (Å²) in [7, 11) is 0. The highest BCUT2D eigenvalue weighted by Gasteiger charge is 2.30. The van der Waals surface area contributed by atoms with Crippen LogP contribution in [-0.4, -0.2) is 26.6 Å². The molecule has 0 spiro atoms. The van der Waals surface area contributed by atoms with E-state index in [-0.39, 0.29) is 17.3 Å². The number of benzene rings is 2. The Morgan fingerprint density at radius 1 is 0.882 bits per heavy atom. The normalized spacial score (nSPS) is 11.6. The molecule has 4 aromatic rings.